The van der Waals surface area contributed by atoms with Gasteiger partial charge in [0.25, 0.3) is 0 Å². The van der Waals surface area contributed by atoms with Crippen LogP contribution in [-0.2, 0) is 28.7 Å². The van der Waals surface area contributed by atoms with Crippen LogP contribution in [0.4, 0.5) is 13.2 Å². The number of carbonyl (C=O) groups is 1. The summed E-state index contributed by atoms with van der Waals surface area (Å²) in [5.41, 5.74) is 0.827. The van der Waals surface area contributed by atoms with Crippen LogP contribution in [0.5, 0.6) is 5.75 Å². The summed E-state index contributed by atoms with van der Waals surface area (Å²) >= 11 is 0. The first-order valence-corrected chi connectivity index (χ1v) is 10.2. The molecule has 0 spiro atoms. The van der Waals surface area contributed by atoms with E-state index in [1.165, 1.54) is 12.1 Å². The topological polar surface area (TPSA) is 42.0 Å². The number of hydrogen-bond donors (Lipinski definition) is 0. The third kappa shape index (κ3) is 6.97. The Hall–Kier alpha value is -2.58. The SMILES string of the molecule is COc1ccc(CC(=O)N(CCN2CCOCC2)Cc2ccc(C(F)(F)F)cc2)cc1. The largest absolute Gasteiger partial charge is 0.497 e. The van der Waals surface area contributed by atoms with Crippen molar-refractivity contribution in [1.29, 1.82) is 0 Å². The van der Waals surface area contributed by atoms with E-state index >= 15 is 0 Å². The van der Waals surface area contributed by atoms with E-state index in [0.29, 0.717) is 37.6 Å². The Balaban J connectivity index is 1.68. The molecule has 0 radical (unpaired) electrons. The zero-order valence-electron chi connectivity index (χ0n) is 17.5. The zero-order chi connectivity index (χ0) is 22.3. The average molecular weight is 436 g/mol. The van der Waals surface area contributed by atoms with Gasteiger partial charge in [0.05, 0.1) is 32.3 Å². The minimum absolute atomic E-state index is 0.0710. The summed E-state index contributed by atoms with van der Waals surface area (Å²) in [7, 11) is 1.58. The second-order valence-corrected chi connectivity index (χ2v) is 7.49. The molecule has 31 heavy (non-hydrogen) atoms. The number of methoxy groups -OCH3 is 1. The van der Waals surface area contributed by atoms with E-state index < -0.39 is 11.7 Å². The molecule has 168 valence electrons. The molecule has 0 unspecified atom stereocenters. The summed E-state index contributed by atoms with van der Waals surface area (Å²) in [6.45, 7) is 4.39. The smallest absolute Gasteiger partial charge is 0.416 e. The van der Waals surface area contributed by atoms with Crippen LogP contribution in [0.15, 0.2) is 48.5 Å². The maximum Gasteiger partial charge on any atom is 0.416 e. The highest BCUT2D eigenvalue weighted by Gasteiger charge is 2.30. The molecule has 0 aromatic heterocycles. The lowest BCUT2D eigenvalue weighted by Gasteiger charge is -2.30. The molecule has 1 amide bonds. The molecule has 2 aromatic rings. The van der Waals surface area contributed by atoms with Gasteiger partial charge in [0.2, 0.25) is 5.91 Å². The molecule has 1 aliphatic heterocycles. The highest BCUT2D eigenvalue weighted by molar-refractivity contribution is 5.78. The molecule has 0 atom stereocenters. The Morgan fingerprint density at radius 1 is 1.03 bits per heavy atom. The Bertz CT molecular complexity index is 833. The van der Waals surface area contributed by atoms with Crippen LogP contribution in [0.1, 0.15) is 16.7 Å². The summed E-state index contributed by atoms with van der Waals surface area (Å²) in [5, 5.41) is 0. The molecule has 1 saturated heterocycles. The second-order valence-electron chi connectivity index (χ2n) is 7.49. The summed E-state index contributed by atoms with van der Waals surface area (Å²) in [6.07, 6.45) is -4.16. The van der Waals surface area contributed by atoms with Crippen LogP contribution in [0.3, 0.4) is 0 Å². The van der Waals surface area contributed by atoms with Crippen LogP contribution in [0.25, 0.3) is 0 Å². The molecule has 0 N–H and O–H groups in total. The lowest BCUT2D eigenvalue weighted by molar-refractivity contribution is -0.137. The first kappa shape index (κ1) is 23.1. The molecule has 0 aliphatic carbocycles. The van der Waals surface area contributed by atoms with Crippen molar-refractivity contribution in [3.63, 3.8) is 0 Å². The molecular formula is C23H27F3N2O3. The molecule has 2 aromatic carbocycles. The third-order valence-electron chi connectivity index (χ3n) is 5.31. The molecule has 3 rings (SSSR count). The fourth-order valence-electron chi connectivity index (χ4n) is 3.43. The van der Waals surface area contributed by atoms with Crippen molar-refractivity contribution in [3.8, 4) is 5.75 Å². The monoisotopic (exact) mass is 436 g/mol. The van der Waals surface area contributed by atoms with E-state index in [4.69, 9.17) is 9.47 Å². The van der Waals surface area contributed by atoms with Gasteiger partial charge in [-0.1, -0.05) is 24.3 Å². The first-order chi connectivity index (χ1) is 14.8. The standard InChI is InChI=1S/C23H27F3N2O3/c1-30-21-8-4-18(5-9-21)16-22(29)28(11-10-27-12-14-31-15-13-27)17-19-2-6-20(7-3-19)23(24,25)26/h2-9H,10-17H2,1H3. The van der Waals surface area contributed by atoms with E-state index in [-0.39, 0.29) is 18.9 Å². The van der Waals surface area contributed by atoms with E-state index in [0.717, 1.165) is 30.8 Å². The van der Waals surface area contributed by atoms with Crippen molar-refractivity contribution in [2.45, 2.75) is 19.1 Å². The number of amides is 1. The fraction of sp³-hybridized carbons (Fsp3) is 0.435. The quantitative estimate of drug-likeness (QED) is 0.634. The number of benzene rings is 2. The minimum atomic E-state index is -4.38. The second kappa shape index (κ2) is 10.6. The highest BCUT2D eigenvalue weighted by Crippen LogP contribution is 2.29. The van der Waals surface area contributed by atoms with E-state index in [2.05, 4.69) is 4.90 Å². The van der Waals surface area contributed by atoms with Crippen LogP contribution in [0, 0.1) is 0 Å². The molecule has 8 heteroatoms. The Labute approximate surface area is 180 Å². The van der Waals surface area contributed by atoms with Gasteiger partial charge >= 0.3 is 6.18 Å². The van der Waals surface area contributed by atoms with Crippen molar-refractivity contribution < 1.29 is 27.4 Å². The number of morpholine rings is 1. The van der Waals surface area contributed by atoms with Gasteiger partial charge in [-0.3, -0.25) is 9.69 Å². The molecule has 0 bridgehead atoms. The Kier molecular flexibility index (Phi) is 7.92. The van der Waals surface area contributed by atoms with E-state index in [9.17, 15) is 18.0 Å². The lowest BCUT2D eigenvalue weighted by atomic mass is 10.1. The summed E-state index contributed by atoms with van der Waals surface area (Å²) < 4.78 is 49.0. The number of carbonyl (C=O) groups excluding carboxylic acids is 1. The van der Waals surface area contributed by atoms with Gasteiger partial charge in [-0.25, -0.2) is 0 Å². The van der Waals surface area contributed by atoms with Crippen LogP contribution >= 0.6 is 0 Å². The van der Waals surface area contributed by atoms with E-state index in [1.54, 1.807) is 24.1 Å². The van der Waals surface area contributed by atoms with Crippen LogP contribution in [-0.4, -0.2) is 62.2 Å². The van der Waals surface area contributed by atoms with Crippen molar-refractivity contribution >= 4 is 5.91 Å². The fourth-order valence-corrected chi connectivity index (χ4v) is 3.43. The van der Waals surface area contributed by atoms with Crippen molar-refractivity contribution in [2.24, 2.45) is 0 Å². The maximum atomic E-state index is 13.0. The van der Waals surface area contributed by atoms with E-state index in [1.807, 2.05) is 12.1 Å². The van der Waals surface area contributed by atoms with Gasteiger partial charge in [0, 0.05) is 32.7 Å². The molecule has 0 saturated carbocycles. The molecule has 1 heterocycles. The first-order valence-electron chi connectivity index (χ1n) is 10.2. The predicted molar refractivity (Wildman–Crippen MR) is 111 cm³/mol. The van der Waals surface area contributed by atoms with Crippen molar-refractivity contribution in [3.05, 3.63) is 65.2 Å². The lowest BCUT2D eigenvalue weighted by Crippen LogP contribution is -2.43. The molecule has 1 fully saturated rings. The number of nitrogens with zero attached hydrogens (tertiary/aromatic N) is 2. The third-order valence-corrected chi connectivity index (χ3v) is 5.31. The molecule has 5 nitrogen and oxygen atoms in total. The van der Waals surface area contributed by atoms with Crippen molar-refractivity contribution in [2.75, 3.05) is 46.5 Å². The summed E-state index contributed by atoms with van der Waals surface area (Å²) in [6, 6.07) is 12.3. The number of alkyl halides is 3. The number of ether oxygens (including phenoxy) is 2. The Morgan fingerprint density at radius 3 is 2.23 bits per heavy atom. The van der Waals surface area contributed by atoms with Crippen LogP contribution < -0.4 is 4.74 Å². The van der Waals surface area contributed by atoms with Gasteiger partial charge in [-0.2, -0.15) is 13.2 Å². The Morgan fingerprint density at radius 2 is 1.65 bits per heavy atom. The number of halogens is 3. The zero-order valence-corrected chi connectivity index (χ0v) is 17.5. The normalized spacial score (nSPS) is 15.0. The number of hydrogen-bond acceptors (Lipinski definition) is 4. The molecular weight excluding hydrogens is 409 g/mol. The average Bonchev–Trinajstić information content (AvgIpc) is 2.77. The maximum absolute atomic E-state index is 13.0. The minimum Gasteiger partial charge on any atom is -0.497 e. The molecule has 1 aliphatic rings. The predicted octanol–water partition coefficient (Wildman–Crippen LogP) is 3.62. The van der Waals surface area contributed by atoms with Crippen molar-refractivity contribution in [1.82, 2.24) is 9.80 Å². The highest BCUT2D eigenvalue weighted by atomic mass is 19.4. The van der Waals surface area contributed by atoms with Gasteiger partial charge < -0.3 is 14.4 Å². The summed E-state index contributed by atoms with van der Waals surface area (Å²) in [5.74, 6) is 0.642. The van der Waals surface area contributed by atoms with Gasteiger partial charge in [-0.05, 0) is 35.4 Å². The number of rotatable bonds is 8. The summed E-state index contributed by atoms with van der Waals surface area (Å²) in [4.78, 5) is 17.0. The van der Waals surface area contributed by atoms with Gasteiger partial charge in [-0.15, -0.1) is 0 Å². The van der Waals surface area contributed by atoms with Gasteiger partial charge in [0.15, 0.2) is 0 Å². The van der Waals surface area contributed by atoms with Gasteiger partial charge in [0.1, 0.15) is 5.75 Å². The van der Waals surface area contributed by atoms with Crippen LogP contribution in [0.2, 0.25) is 0 Å².